The summed E-state index contributed by atoms with van der Waals surface area (Å²) in [5.41, 5.74) is 0. The van der Waals surface area contributed by atoms with Gasteiger partial charge in [0.15, 0.2) is 0 Å². The van der Waals surface area contributed by atoms with Crippen molar-refractivity contribution in [2.24, 2.45) is 17.8 Å². The molecule has 1 saturated carbocycles. The number of ether oxygens (including phenoxy) is 2. The molecule has 29 heavy (non-hydrogen) atoms. The van der Waals surface area contributed by atoms with Crippen LogP contribution in [0.15, 0.2) is 0 Å². The fourth-order valence-corrected chi connectivity index (χ4v) is 5.25. The topological polar surface area (TPSA) is 108 Å². The molecule has 0 aromatic carbocycles. The highest BCUT2D eigenvalue weighted by molar-refractivity contribution is 7.87. The third kappa shape index (κ3) is 6.55. The summed E-state index contributed by atoms with van der Waals surface area (Å²) in [5, 5.41) is 8.69. The lowest BCUT2D eigenvalue weighted by Crippen LogP contribution is -2.53. The van der Waals surface area contributed by atoms with Crippen molar-refractivity contribution in [3.8, 4) is 11.8 Å². The van der Waals surface area contributed by atoms with Gasteiger partial charge in [0.05, 0.1) is 26.4 Å². The Morgan fingerprint density at radius 2 is 1.72 bits per heavy atom. The molecule has 0 aromatic heterocycles. The second-order valence-corrected chi connectivity index (χ2v) is 9.38. The molecule has 0 bridgehead atoms. The summed E-state index contributed by atoms with van der Waals surface area (Å²) >= 11 is 0. The van der Waals surface area contributed by atoms with Gasteiger partial charge in [-0.15, -0.1) is 11.8 Å². The van der Waals surface area contributed by atoms with Crippen molar-refractivity contribution in [3.05, 3.63) is 0 Å². The molecular formula is C19H31N3O6S. The molecule has 1 aliphatic heterocycles. The van der Waals surface area contributed by atoms with E-state index in [1.54, 1.807) is 0 Å². The molecule has 1 heterocycles. The Bertz CT molecular complexity index is 693. The molecule has 1 amide bonds. The third-order valence-corrected chi connectivity index (χ3v) is 7.39. The van der Waals surface area contributed by atoms with Crippen LogP contribution in [0.1, 0.15) is 25.7 Å². The van der Waals surface area contributed by atoms with E-state index >= 15 is 0 Å². The number of aliphatic hydroxyl groups is 1. The quantitative estimate of drug-likeness (QED) is 0.393. The van der Waals surface area contributed by atoms with E-state index in [-0.39, 0.29) is 13.2 Å². The first-order valence-electron chi connectivity index (χ1n) is 10.3. The van der Waals surface area contributed by atoms with Crippen molar-refractivity contribution >= 4 is 16.3 Å². The van der Waals surface area contributed by atoms with Gasteiger partial charge in [-0.1, -0.05) is 0 Å². The number of nitrogens with zero attached hydrogens (tertiary/aromatic N) is 2. The van der Waals surface area contributed by atoms with Crippen molar-refractivity contribution in [1.82, 2.24) is 13.9 Å². The highest BCUT2D eigenvalue weighted by Crippen LogP contribution is 2.52. The van der Waals surface area contributed by atoms with Crippen LogP contribution in [-0.4, -0.2) is 88.0 Å². The van der Waals surface area contributed by atoms with Crippen LogP contribution >= 0.6 is 0 Å². The van der Waals surface area contributed by atoms with Crippen LogP contribution in [0.5, 0.6) is 0 Å². The normalized spacial score (nSPS) is 27.7. The van der Waals surface area contributed by atoms with Gasteiger partial charge in [0, 0.05) is 45.6 Å². The van der Waals surface area contributed by atoms with Gasteiger partial charge in [0.25, 0.3) is 0 Å². The Labute approximate surface area is 172 Å². The summed E-state index contributed by atoms with van der Waals surface area (Å²) in [6.45, 7) is 3.45. The smallest absolute Gasteiger partial charge is 0.421 e. The molecule has 0 aromatic rings. The Kier molecular flexibility index (Phi) is 8.15. The number of hydrogen-bond acceptors (Lipinski definition) is 7. The molecule has 2 N–H and O–H groups in total. The number of fused-ring (bicyclic) bond motifs is 1. The first kappa shape index (κ1) is 22.3. The number of piperazine rings is 1. The number of carbonyl (C=O) groups excluding carboxylic acids is 1. The monoisotopic (exact) mass is 429 g/mol. The van der Waals surface area contributed by atoms with Crippen molar-refractivity contribution in [1.29, 1.82) is 0 Å². The fraction of sp³-hybridized carbons (Fsp3) is 0.842. The zero-order valence-corrected chi connectivity index (χ0v) is 17.5. The molecule has 1 saturated heterocycles. The van der Waals surface area contributed by atoms with E-state index < -0.39 is 16.3 Å². The van der Waals surface area contributed by atoms with Gasteiger partial charge in [0.1, 0.15) is 0 Å². The van der Waals surface area contributed by atoms with Gasteiger partial charge < -0.3 is 14.6 Å². The van der Waals surface area contributed by atoms with Crippen LogP contribution in [0.25, 0.3) is 0 Å². The standard InChI is InChI=1S/C19H31N3O6S/c23-12-14-27-13-11-21-7-9-22(10-8-21)29(25,26)20-19(24)28-15-18-16-5-3-1-2-4-6-17(16)18/h16-18,23H,3-15H2,(H,20,24)/t16-,17+,18?. The molecule has 2 fully saturated rings. The van der Waals surface area contributed by atoms with Crippen molar-refractivity contribution in [2.75, 3.05) is 59.2 Å². The molecule has 0 radical (unpaired) electrons. The maximum Gasteiger partial charge on any atom is 0.421 e. The number of rotatable bonds is 9. The molecular weight excluding hydrogens is 398 g/mol. The van der Waals surface area contributed by atoms with Crippen LogP contribution in [0.2, 0.25) is 0 Å². The van der Waals surface area contributed by atoms with Crippen LogP contribution < -0.4 is 4.72 Å². The lowest BCUT2D eigenvalue weighted by molar-refractivity contribution is 0.0660. The van der Waals surface area contributed by atoms with Gasteiger partial charge >= 0.3 is 16.3 Å². The highest BCUT2D eigenvalue weighted by atomic mass is 32.2. The summed E-state index contributed by atoms with van der Waals surface area (Å²) in [6.07, 6.45) is 2.93. The molecule has 10 heteroatoms. The lowest BCUT2D eigenvalue weighted by Gasteiger charge is -2.33. The number of carbonyl (C=O) groups is 1. The van der Waals surface area contributed by atoms with Crippen LogP contribution in [0.4, 0.5) is 4.79 Å². The minimum Gasteiger partial charge on any atom is -0.449 e. The highest BCUT2D eigenvalue weighted by Gasteiger charge is 2.49. The minimum absolute atomic E-state index is 0.00966. The molecule has 0 spiro atoms. The van der Waals surface area contributed by atoms with Crippen LogP contribution in [0, 0.1) is 29.6 Å². The second kappa shape index (κ2) is 10.6. The maximum atomic E-state index is 12.4. The molecule has 3 atom stereocenters. The van der Waals surface area contributed by atoms with Crippen molar-refractivity contribution in [2.45, 2.75) is 25.7 Å². The number of hydrogen-bond donors (Lipinski definition) is 2. The van der Waals surface area contributed by atoms with Crippen molar-refractivity contribution < 1.29 is 27.8 Å². The molecule has 3 rings (SSSR count). The number of amides is 1. The lowest BCUT2D eigenvalue weighted by atomic mass is 10.1. The summed E-state index contributed by atoms with van der Waals surface area (Å²) in [5.74, 6) is 7.69. The third-order valence-electron chi connectivity index (χ3n) is 5.92. The van der Waals surface area contributed by atoms with Crippen molar-refractivity contribution in [3.63, 3.8) is 0 Å². The van der Waals surface area contributed by atoms with E-state index in [1.807, 2.05) is 4.72 Å². The van der Waals surface area contributed by atoms with E-state index in [0.717, 1.165) is 25.7 Å². The van der Waals surface area contributed by atoms with Gasteiger partial charge in [0.2, 0.25) is 0 Å². The first-order valence-corrected chi connectivity index (χ1v) is 11.8. The average Bonchev–Trinajstić information content (AvgIpc) is 3.33. The van der Waals surface area contributed by atoms with E-state index in [0.29, 0.717) is 63.7 Å². The zero-order chi connectivity index (χ0) is 20.7. The Hall–Kier alpha value is -1.38. The number of aliphatic hydroxyl groups excluding tert-OH is 1. The van der Waals surface area contributed by atoms with E-state index in [4.69, 9.17) is 14.6 Å². The van der Waals surface area contributed by atoms with Crippen LogP contribution in [0.3, 0.4) is 0 Å². The Morgan fingerprint density at radius 3 is 2.34 bits per heavy atom. The minimum atomic E-state index is -3.90. The fourth-order valence-electron chi connectivity index (χ4n) is 4.21. The largest absolute Gasteiger partial charge is 0.449 e. The molecule has 164 valence electrons. The predicted molar refractivity (Wildman–Crippen MR) is 106 cm³/mol. The first-order chi connectivity index (χ1) is 14.0. The predicted octanol–water partition coefficient (Wildman–Crippen LogP) is 0.0235. The van der Waals surface area contributed by atoms with Gasteiger partial charge in [-0.2, -0.15) is 12.7 Å². The van der Waals surface area contributed by atoms with Gasteiger partial charge in [-0.05, 0) is 30.6 Å². The van der Waals surface area contributed by atoms with Crippen LogP contribution in [-0.2, 0) is 19.7 Å². The summed E-state index contributed by atoms with van der Waals surface area (Å²) in [6, 6.07) is 0. The van der Waals surface area contributed by atoms with E-state index in [1.165, 1.54) is 4.31 Å². The number of nitrogens with one attached hydrogen (secondary N) is 1. The maximum absolute atomic E-state index is 12.4. The zero-order valence-electron chi connectivity index (χ0n) is 16.7. The SMILES string of the molecule is O=C(NS(=O)(=O)N1CCN(CCOCCO)CC1)OCC1[C@H]2CCC#CCC[C@@H]12. The van der Waals surface area contributed by atoms with E-state index in [2.05, 4.69) is 16.7 Å². The summed E-state index contributed by atoms with van der Waals surface area (Å²) in [4.78, 5) is 14.1. The van der Waals surface area contributed by atoms with Gasteiger partial charge in [-0.3, -0.25) is 4.90 Å². The summed E-state index contributed by atoms with van der Waals surface area (Å²) in [7, 11) is -3.90. The Morgan fingerprint density at radius 1 is 1.07 bits per heavy atom. The summed E-state index contributed by atoms with van der Waals surface area (Å²) < 4.78 is 38.6. The Balaban J connectivity index is 1.35. The second-order valence-electron chi connectivity index (χ2n) is 7.70. The molecule has 2 aliphatic carbocycles. The molecule has 3 aliphatic rings. The average molecular weight is 430 g/mol. The van der Waals surface area contributed by atoms with E-state index in [9.17, 15) is 13.2 Å². The van der Waals surface area contributed by atoms with Gasteiger partial charge in [-0.25, -0.2) is 9.52 Å². The molecule has 9 nitrogen and oxygen atoms in total. The molecule has 1 unspecified atom stereocenters.